The largest absolute Gasteiger partial charge is 0.497 e. The first-order valence-corrected chi connectivity index (χ1v) is 5.49. The topological polar surface area (TPSA) is 48.4 Å². The van der Waals surface area contributed by atoms with Crippen LogP contribution in [0.2, 0.25) is 0 Å². The van der Waals surface area contributed by atoms with Gasteiger partial charge in [0, 0.05) is 0 Å². The molecule has 0 aliphatic heterocycles. The van der Waals surface area contributed by atoms with Gasteiger partial charge in [0.25, 0.3) is 0 Å². The molecule has 0 aliphatic rings. The zero-order chi connectivity index (χ0) is 12.8. The second-order valence-corrected chi connectivity index (χ2v) is 3.68. The molecule has 4 heteroatoms. The van der Waals surface area contributed by atoms with Crippen LogP contribution < -0.4 is 9.47 Å². The summed E-state index contributed by atoms with van der Waals surface area (Å²) in [7, 11) is 1.63. The molecule has 1 heterocycles. The molecule has 18 heavy (non-hydrogen) atoms. The quantitative estimate of drug-likeness (QED) is 0.757. The maximum Gasteiger partial charge on any atom is 0.168 e. The summed E-state index contributed by atoms with van der Waals surface area (Å²) < 4.78 is 10.7. The molecule has 0 bridgehead atoms. The molecule has 0 saturated heterocycles. The zero-order valence-electron chi connectivity index (χ0n) is 10.00. The van der Waals surface area contributed by atoms with Crippen molar-refractivity contribution in [1.29, 1.82) is 0 Å². The molecule has 0 amide bonds. The average Bonchev–Trinajstić information content (AvgIpc) is 2.46. The van der Waals surface area contributed by atoms with Crippen LogP contribution in [0.15, 0.2) is 42.6 Å². The Morgan fingerprint density at radius 1 is 1.22 bits per heavy atom. The van der Waals surface area contributed by atoms with Crippen molar-refractivity contribution in [3.05, 3.63) is 53.9 Å². The SMILES string of the molecule is COc1cccc(COc2ccc(C=O)nc2)c1. The molecule has 2 aromatic rings. The Morgan fingerprint density at radius 3 is 2.78 bits per heavy atom. The van der Waals surface area contributed by atoms with Crippen molar-refractivity contribution in [2.45, 2.75) is 6.61 Å². The van der Waals surface area contributed by atoms with E-state index in [0.717, 1.165) is 11.3 Å². The Kier molecular flexibility index (Phi) is 3.91. The number of rotatable bonds is 5. The second kappa shape index (κ2) is 5.82. The van der Waals surface area contributed by atoms with Crippen LogP contribution in [-0.2, 0) is 6.61 Å². The molecule has 4 nitrogen and oxygen atoms in total. The molecule has 92 valence electrons. The normalized spacial score (nSPS) is 9.83. The summed E-state index contributed by atoms with van der Waals surface area (Å²) in [6.45, 7) is 0.430. The Morgan fingerprint density at radius 2 is 2.11 bits per heavy atom. The summed E-state index contributed by atoms with van der Waals surface area (Å²) >= 11 is 0. The fourth-order valence-corrected chi connectivity index (χ4v) is 1.48. The molecule has 0 atom stereocenters. The third-order valence-corrected chi connectivity index (χ3v) is 2.42. The van der Waals surface area contributed by atoms with Gasteiger partial charge in [-0.1, -0.05) is 12.1 Å². The Bertz CT molecular complexity index is 523. The maximum atomic E-state index is 10.5. The molecule has 0 unspecified atom stereocenters. The highest BCUT2D eigenvalue weighted by Gasteiger charge is 1.99. The van der Waals surface area contributed by atoms with Crippen molar-refractivity contribution in [3.63, 3.8) is 0 Å². The number of nitrogens with zero attached hydrogens (tertiary/aromatic N) is 1. The van der Waals surface area contributed by atoms with E-state index in [9.17, 15) is 4.79 Å². The lowest BCUT2D eigenvalue weighted by molar-refractivity contribution is 0.111. The van der Waals surface area contributed by atoms with E-state index in [-0.39, 0.29) is 0 Å². The number of pyridine rings is 1. The summed E-state index contributed by atoms with van der Waals surface area (Å²) in [6.07, 6.45) is 2.23. The van der Waals surface area contributed by atoms with Crippen molar-refractivity contribution in [1.82, 2.24) is 4.98 Å². The minimum atomic E-state index is 0.392. The number of aromatic nitrogens is 1. The van der Waals surface area contributed by atoms with Crippen molar-refractivity contribution < 1.29 is 14.3 Å². The fraction of sp³-hybridized carbons (Fsp3) is 0.143. The summed E-state index contributed by atoms with van der Waals surface area (Å²) in [5, 5.41) is 0. The van der Waals surface area contributed by atoms with Crippen LogP contribution in [-0.4, -0.2) is 18.4 Å². The van der Waals surface area contributed by atoms with Gasteiger partial charge in [-0.05, 0) is 29.8 Å². The van der Waals surface area contributed by atoms with Crippen LogP contribution in [0.5, 0.6) is 11.5 Å². The van der Waals surface area contributed by atoms with Crippen LogP contribution in [0.4, 0.5) is 0 Å². The standard InChI is InChI=1S/C14H13NO3/c1-17-13-4-2-3-11(7-13)10-18-14-6-5-12(9-16)15-8-14/h2-9H,10H2,1H3. The van der Waals surface area contributed by atoms with Crippen molar-refractivity contribution in [3.8, 4) is 11.5 Å². The highest BCUT2D eigenvalue weighted by atomic mass is 16.5. The molecule has 0 fully saturated rings. The number of hydrogen-bond acceptors (Lipinski definition) is 4. The number of methoxy groups -OCH3 is 1. The minimum Gasteiger partial charge on any atom is -0.497 e. The molecular weight excluding hydrogens is 230 g/mol. The molecule has 1 aromatic carbocycles. The van der Waals surface area contributed by atoms with Gasteiger partial charge in [-0.25, -0.2) is 4.98 Å². The van der Waals surface area contributed by atoms with Gasteiger partial charge in [0.15, 0.2) is 6.29 Å². The number of aldehydes is 1. The minimum absolute atomic E-state index is 0.392. The molecule has 0 saturated carbocycles. The number of hydrogen-bond donors (Lipinski definition) is 0. The summed E-state index contributed by atoms with van der Waals surface area (Å²) in [4.78, 5) is 14.4. The van der Waals surface area contributed by atoms with Gasteiger partial charge in [0.2, 0.25) is 0 Å². The third kappa shape index (κ3) is 3.07. The van der Waals surface area contributed by atoms with E-state index in [2.05, 4.69) is 4.98 Å². The van der Waals surface area contributed by atoms with Crippen molar-refractivity contribution in [2.75, 3.05) is 7.11 Å². The van der Waals surface area contributed by atoms with Crippen LogP contribution in [0, 0.1) is 0 Å². The van der Waals surface area contributed by atoms with Crippen LogP contribution in [0.1, 0.15) is 16.1 Å². The molecule has 1 aromatic heterocycles. The van der Waals surface area contributed by atoms with Gasteiger partial charge in [0.05, 0.1) is 13.3 Å². The zero-order valence-corrected chi connectivity index (χ0v) is 10.00. The second-order valence-electron chi connectivity index (χ2n) is 3.68. The Labute approximate surface area is 105 Å². The van der Waals surface area contributed by atoms with Gasteiger partial charge < -0.3 is 9.47 Å². The molecule has 0 spiro atoms. The number of carbonyl (C=O) groups excluding carboxylic acids is 1. The highest BCUT2D eigenvalue weighted by molar-refractivity contribution is 5.71. The lowest BCUT2D eigenvalue weighted by Gasteiger charge is -2.07. The molecular formula is C14H13NO3. The van der Waals surface area contributed by atoms with Crippen LogP contribution in [0.3, 0.4) is 0 Å². The van der Waals surface area contributed by atoms with Gasteiger partial charge in [-0.2, -0.15) is 0 Å². The first kappa shape index (κ1) is 12.1. The summed E-state index contributed by atoms with van der Waals surface area (Å²) in [5.74, 6) is 1.42. The number of carbonyl (C=O) groups is 1. The first-order chi connectivity index (χ1) is 8.81. The average molecular weight is 243 g/mol. The maximum absolute atomic E-state index is 10.5. The molecule has 0 radical (unpaired) electrons. The van der Waals surface area contributed by atoms with E-state index in [1.807, 2.05) is 24.3 Å². The molecule has 0 N–H and O–H groups in total. The van der Waals surface area contributed by atoms with E-state index in [1.165, 1.54) is 6.20 Å². The van der Waals surface area contributed by atoms with Gasteiger partial charge in [-0.3, -0.25) is 4.79 Å². The first-order valence-electron chi connectivity index (χ1n) is 5.49. The Hall–Kier alpha value is -2.36. The van der Waals surface area contributed by atoms with E-state index in [0.29, 0.717) is 24.3 Å². The van der Waals surface area contributed by atoms with Crippen LogP contribution in [0.25, 0.3) is 0 Å². The molecule has 2 rings (SSSR count). The van der Waals surface area contributed by atoms with E-state index < -0.39 is 0 Å². The summed E-state index contributed by atoms with van der Waals surface area (Å²) in [6, 6.07) is 11.0. The predicted octanol–water partition coefficient (Wildman–Crippen LogP) is 2.48. The molecule has 0 aliphatic carbocycles. The van der Waals surface area contributed by atoms with E-state index in [4.69, 9.17) is 9.47 Å². The van der Waals surface area contributed by atoms with Gasteiger partial charge >= 0.3 is 0 Å². The number of ether oxygens (including phenoxy) is 2. The predicted molar refractivity (Wildman–Crippen MR) is 67.0 cm³/mol. The smallest absolute Gasteiger partial charge is 0.168 e. The number of benzene rings is 1. The lowest BCUT2D eigenvalue weighted by atomic mass is 10.2. The monoisotopic (exact) mass is 243 g/mol. The summed E-state index contributed by atoms with van der Waals surface area (Å²) in [5.41, 5.74) is 1.40. The van der Waals surface area contributed by atoms with Crippen LogP contribution >= 0.6 is 0 Å². The van der Waals surface area contributed by atoms with E-state index in [1.54, 1.807) is 19.2 Å². The van der Waals surface area contributed by atoms with Gasteiger partial charge in [0.1, 0.15) is 23.8 Å². The third-order valence-electron chi connectivity index (χ3n) is 2.42. The van der Waals surface area contributed by atoms with E-state index >= 15 is 0 Å². The fourth-order valence-electron chi connectivity index (χ4n) is 1.48. The Balaban J connectivity index is 1.99. The van der Waals surface area contributed by atoms with Crippen molar-refractivity contribution in [2.24, 2.45) is 0 Å². The lowest BCUT2D eigenvalue weighted by Crippen LogP contribution is -1.97. The van der Waals surface area contributed by atoms with Crippen molar-refractivity contribution >= 4 is 6.29 Å². The van der Waals surface area contributed by atoms with Gasteiger partial charge in [-0.15, -0.1) is 0 Å². The highest BCUT2D eigenvalue weighted by Crippen LogP contribution is 2.15.